The number of benzene rings is 2. The monoisotopic (exact) mass is 430 g/mol. The molecule has 0 atom stereocenters. The van der Waals surface area contributed by atoms with Crippen molar-refractivity contribution in [2.24, 2.45) is 0 Å². The van der Waals surface area contributed by atoms with E-state index in [-0.39, 0.29) is 12.2 Å². The molecule has 0 aliphatic carbocycles. The minimum Gasteiger partial charge on any atom is -0.262 e. The number of nitrogens with zero attached hydrogens (tertiary/aromatic N) is 2. The normalized spacial score (nSPS) is 11.1. The Bertz CT molecular complexity index is 902. The summed E-state index contributed by atoms with van der Waals surface area (Å²) in [6, 6.07) is 9.79. The summed E-state index contributed by atoms with van der Waals surface area (Å²) in [4.78, 5) is 10.0. The van der Waals surface area contributed by atoms with Crippen molar-refractivity contribution in [3.63, 3.8) is 0 Å². The van der Waals surface area contributed by atoms with Gasteiger partial charge in [0.05, 0.1) is 22.2 Å². The highest BCUT2D eigenvalue weighted by Gasteiger charge is 2.31. The molecule has 0 saturated heterocycles. The predicted octanol–water partition coefficient (Wildman–Crippen LogP) is 4.39. The second kappa shape index (κ2) is 7.33. The zero-order valence-electron chi connectivity index (χ0n) is 12.2. The minimum absolute atomic E-state index is 0.0632. The van der Waals surface area contributed by atoms with Gasteiger partial charge < -0.3 is 0 Å². The van der Waals surface area contributed by atoms with Crippen LogP contribution in [-0.4, -0.2) is 19.9 Å². The molecule has 0 spiro atoms. The van der Waals surface area contributed by atoms with Crippen LogP contribution in [0, 0.1) is 10.1 Å². The second-order valence-corrected chi connectivity index (χ2v) is 7.74. The number of anilines is 1. The molecule has 0 aromatic heterocycles. The maximum atomic E-state index is 13.0. The van der Waals surface area contributed by atoms with Crippen LogP contribution < -0.4 is 4.31 Å². The third-order valence-corrected chi connectivity index (χ3v) is 6.19. The Balaban J connectivity index is 2.64. The van der Waals surface area contributed by atoms with Crippen molar-refractivity contribution in [1.29, 1.82) is 0 Å². The van der Waals surface area contributed by atoms with E-state index < -0.39 is 25.5 Å². The summed E-state index contributed by atoms with van der Waals surface area (Å²) in [7, 11) is -4.18. The van der Waals surface area contributed by atoms with Crippen molar-refractivity contribution >= 4 is 48.9 Å². The average Bonchev–Trinajstić information content (AvgIpc) is 2.55. The van der Waals surface area contributed by atoms with Crippen molar-refractivity contribution in [3.8, 4) is 0 Å². The van der Waals surface area contributed by atoms with Crippen LogP contribution in [0.5, 0.6) is 0 Å². The number of nitro groups is 1. The van der Waals surface area contributed by atoms with E-state index in [2.05, 4.69) is 22.5 Å². The van der Waals surface area contributed by atoms with Crippen molar-refractivity contribution < 1.29 is 13.3 Å². The Hall–Kier alpha value is -1.90. The van der Waals surface area contributed by atoms with Crippen molar-refractivity contribution in [2.75, 3.05) is 10.8 Å². The fraction of sp³-hybridized carbons (Fsp3) is 0.0667. The molecule has 0 aliphatic heterocycles. The number of para-hydroxylation sites is 1. The molecule has 6 nitrogen and oxygen atoms in total. The molecule has 0 fully saturated rings. The van der Waals surface area contributed by atoms with Crippen LogP contribution in [0.1, 0.15) is 0 Å². The smallest absolute Gasteiger partial charge is 0.262 e. The summed E-state index contributed by atoms with van der Waals surface area (Å²) in [5.41, 5.74) is -0.212. The van der Waals surface area contributed by atoms with Crippen LogP contribution >= 0.6 is 27.5 Å². The number of rotatable bonds is 6. The summed E-state index contributed by atoms with van der Waals surface area (Å²) in [5.74, 6) is 0. The number of halogens is 2. The molecule has 2 rings (SSSR count). The summed E-state index contributed by atoms with van der Waals surface area (Å²) in [6.07, 6.45) is 1.39. The molecular weight excluding hydrogens is 420 g/mol. The van der Waals surface area contributed by atoms with Crippen LogP contribution in [0.25, 0.3) is 0 Å². The quantitative estimate of drug-likeness (QED) is 0.386. The summed E-state index contributed by atoms with van der Waals surface area (Å²) in [6.45, 7) is 3.49. The van der Waals surface area contributed by atoms with Crippen molar-refractivity contribution in [1.82, 2.24) is 0 Å². The summed E-state index contributed by atoms with van der Waals surface area (Å²) >= 11 is 9.27. The van der Waals surface area contributed by atoms with E-state index in [0.29, 0.717) is 9.50 Å². The van der Waals surface area contributed by atoms with Gasteiger partial charge in [0.1, 0.15) is 0 Å². The summed E-state index contributed by atoms with van der Waals surface area (Å²) in [5, 5.41) is 11.5. The number of sulfonamides is 1. The van der Waals surface area contributed by atoms with Gasteiger partial charge in [-0.3, -0.25) is 14.4 Å². The first kappa shape index (κ1) is 18.4. The summed E-state index contributed by atoms with van der Waals surface area (Å²) < 4.78 is 27.5. The Morgan fingerprint density at radius 1 is 1.29 bits per heavy atom. The van der Waals surface area contributed by atoms with Crippen LogP contribution in [0.2, 0.25) is 5.02 Å². The maximum Gasteiger partial charge on any atom is 0.289 e. The van der Waals surface area contributed by atoms with E-state index in [1.807, 2.05) is 0 Å². The molecule has 9 heteroatoms. The molecule has 2 aromatic rings. The maximum absolute atomic E-state index is 13.0. The topological polar surface area (TPSA) is 80.5 Å². The van der Waals surface area contributed by atoms with Crippen LogP contribution in [-0.2, 0) is 10.0 Å². The van der Waals surface area contributed by atoms with E-state index in [1.165, 1.54) is 30.3 Å². The van der Waals surface area contributed by atoms with Gasteiger partial charge in [0, 0.05) is 10.5 Å². The van der Waals surface area contributed by atoms with E-state index in [4.69, 9.17) is 11.6 Å². The van der Waals surface area contributed by atoms with Gasteiger partial charge in [-0.15, -0.1) is 6.58 Å². The minimum atomic E-state index is -4.18. The van der Waals surface area contributed by atoms with E-state index in [9.17, 15) is 18.5 Å². The molecule has 0 bridgehead atoms. The van der Waals surface area contributed by atoms with Gasteiger partial charge in [0.2, 0.25) is 0 Å². The van der Waals surface area contributed by atoms with E-state index in [0.717, 1.165) is 10.4 Å². The molecule has 0 radical (unpaired) electrons. The Labute approximate surface area is 152 Å². The molecule has 2 aromatic carbocycles. The Morgan fingerprint density at radius 2 is 1.96 bits per heavy atom. The van der Waals surface area contributed by atoms with E-state index in [1.54, 1.807) is 12.1 Å². The third kappa shape index (κ3) is 3.61. The highest BCUT2D eigenvalue weighted by molar-refractivity contribution is 9.10. The molecular formula is C15H12BrClN2O4S. The van der Waals surface area contributed by atoms with Gasteiger partial charge in [-0.2, -0.15) is 0 Å². The molecule has 0 saturated carbocycles. The first-order chi connectivity index (χ1) is 11.3. The molecule has 0 aliphatic rings. The first-order valence-corrected chi connectivity index (χ1v) is 9.22. The fourth-order valence-electron chi connectivity index (χ4n) is 2.04. The third-order valence-electron chi connectivity index (χ3n) is 3.12. The van der Waals surface area contributed by atoms with Gasteiger partial charge in [0.25, 0.3) is 15.7 Å². The molecule has 126 valence electrons. The second-order valence-electron chi connectivity index (χ2n) is 4.65. The number of nitro benzene ring substituents is 1. The number of hydrogen-bond acceptors (Lipinski definition) is 4. The van der Waals surface area contributed by atoms with Gasteiger partial charge in [-0.25, -0.2) is 8.42 Å². The van der Waals surface area contributed by atoms with Gasteiger partial charge in [-0.1, -0.05) is 29.8 Å². The van der Waals surface area contributed by atoms with Gasteiger partial charge >= 0.3 is 0 Å². The lowest BCUT2D eigenvalue weighted by molar-refractivity contribution is -0.387. The van der Waals surface area contributed by atoms with Crippen LogP contribution in [0.3, 0.4) is 0 Å². The number of hydrogen-bond donors (Lipinski definition) is 0. The highest BCUT2D eigenvalue weighted by atomic mass is 79.9. The van der Waals surface area contributed by atoms with Crippen LogP contribution in [0.4, 0.5) is 11.4 Å². The van der Waals surface area contributed by atoms with Crippen molar-refractivity contribution in [3.05, 3.63) is 74.7 Å². The average molecular weight is 432 g/mol. The van der Waals surface area contributed by atoms with E-state index >= 15 is 0 Å². The fourth-order valence-corrected chi connectivity index (χ4v) is 4.05. The molecule has 0 N–H and O–H groups in total. The Kier molecular flexibility index (Phi) is 5.63. The Morgan fingerprint density at radius 3 is 2.54 bits per heavy atom. The van der Waals surface area contributed by atoms with Gasteiger partial charge in [0.15, 0.2) is 4.90 Å². The van der Waals surface area contributed by atoms with Crippen molar-refractivity contribution in [2.45, 2.75) is 4.90 Å². The zero-order chi connectivity index (χ0) is 17.9. The zero-order valence-corrected chi connectivity index (χ0v) is 15.4. The highest BCUT2D eigenvalue weighted by Crippen LogP contribution is 2.33. The molecule has 0 heterocycles. The molecule has 24 heavy (non-hydrogen) atoms. The largest absolute Gasteiger partial charge is 0.289 e. The lowest BCUT2D eigenvalue weighted by Crippen LogP contribution is -2.31. The lowest BCUT2D eigenvalue weighted by atomic mass is 10.3. The molecule has 0 unspecified atom stereocenters. The van der Waals surface area contributed by atoms with Crippen LogP contribution in [0.15, 0.2) is 64.5 Å². The SMILES string of the molecule is C=CCN(c1ccc(Br)c(Cl)c1)S(=O)(=O)c1ccccc1[N+](=O)[O-]. The molecule has 0 amide bonds. The first-order valence-electron chi connectivity index (χ1n) is 6.61. The predicted molar refractivity (Wildman–Crippen MR) is 97.0 cm³/mol. The van der Waals surface area contributed by atoms with Gasteiger partial charge in [-0.05, 0) is 40.2 Å². The standard InChI is InChI=1S/C15H12BrClN2O4S/c1-2-9-18(11-7-8-12(16)13(17)10-11)24(22,23)15-6-4-3-5-14(15)19(20)21/h2-8,10H,1,9H2. The lowest BCUT2D eigenvalue weighted by Gasteiger charge is -2.23.